The number of ether oxygens (including phenoxy) is 1. The number of aryl methyl sites for hydroxylation is 1. The lowest BCUT2D eigenvalue weighted by molar-refractivity contribution is 0.0557. The Morgan fingerprint density at radius 1 is 1.00 bits per heavy atom. The van der Waals surface area contributed by atoms with E-state index in [0.717, 1.165) is 37.8 Å². The summed E-state index contributed by atoms with van der Waals surface area (Å²) in [6.07, 6.45) is 9.72. The van der Waals surface area contributed by atoms with E-state index in [1.54, 1.807) is 6.07 Å². The first-order valence-electron chi connectivity index (χ1n) is 11.5. The maximum absolute atomic E-state index is 13.6. The van der Waals surface area contributed by atoms with Crippen molar-refractivity contribution >= 4 is 15.9 Å². The van der Waals surface area contributed by atoms with E-state index >= 15 is 0 Å². The normalized spacial score (nSPS) is 22.9. The van der Waals surface area contributed by atoms with E-state index in [-0.39, 0.29) is 16.3 Å². The van der Waals surface area contributed by atoms with Crippen molar-refractivity contribution in [3.8, 4) is 0 Å². The SMILES string of the molecule is CCc1ccc(C(=O)N2CCCC23CCCCCC3)cc1S(=O)(=O)N1CCOCC1. The monoisotopic (exact) mass is 434 g/mol. The first-order valence-corrected chi connectivity index (χ1v) is 12.9. The average Bonchev–Trinajstić information content (AvgIpc) is 3.03. The van der Waals surface area contributed by atoms with Gasteiger partial charge in [-0.15, -0.1) is 0 Å². The number of nitrogens with zero attached hydrogens (tertiary/aromatic N) is 2. The second kappa shape index (κ2) is 8.97. The maximum atomic E-state index is 13.6. The molecule has 2 heterocycles. The van der Waals surface area contributed by atoms with Crippen molar-refractivity contribution in [1.82, 2.24) is 9.21 Å². The summed E-state index contributed by atoms with van der Waals surface area (Å²) in [4.78, 5) is 15.9. The van der Waals surface area contributed by atoms with Gasteiger partial charge >= 0.3 is 0 Å². The molecule has 0 radical (unpaired) electrons. The fraction of sp³-hybridized carbons (Fsp3) is 0.696. The fourth-order valence-electron chi connectivity index (χ4n) is 5.46. The second-order valence-electron chi connectivity index (χ2n) is 8.89. The summed E-state index contributed by atoms with van der Waals surface area (Å²) < 4.78 is 33.5. The molecule has 6 nitrogen and oxygen atoms in total. The minimum Gasteiger partial charge on any atom is -0.379 e. The molecule has 1 saturated carbocycles. The molecule has 1 aliphatic carbocycles. The molecule has 0 unspecified atom stereocenters. The third-order valence-corrected chi connectivity index (χ3v) is 9.14. The summed E-state index contributed by atoms with van der Waals surface area (Å²) >= 11 is 0. The molecule has 3 fully saturated rings. The summed E-state index contributed by atoms with van der Waals surface area (Å²) in [5, 5.41) is 0. The van der Waals surface area contributed by atoms with Crippen molar-refractivity contribution in [1.29, 1.82) is 0 Å². The minimum absolute atomic E-state index is 0.00418. The third-order valence-electron chi connectivity index (χ3n) is 7.16. The molecule has 0 aromatic heterocycles. The zero-order valence-corrected chi connectivity index (χ0v) is 18.9. The van der Waals surface area contributed by atoms with Crippen LogP contribution in [0.4, 0.5) is 0 Å². The first-order chi connectivity index (χ1) is 14.5. The van der Waals surface area contributed by atoms with Gasteiger partial charge in [-0.2, -0.15) is 4.31 Å². The highest BCUT2D eigenvalue weighted by atomic mass is 32.2. The van der Waals surface area contributed by atoms with Gasteiger partial charge in [0, 0.05) is 30.7 Å². The molecule has 7 heteroatoms. The van der Waals surface area contributed by atoms with Gasteiger partial charge < -0.3 is 9.64 Å². The lowest BCUT2D eigenvalue weighted by Gasteiger charge is -2.38. The average molecular weight is 435 g/mol. The van der Waals surface area contributed by atoms with Gasteiger partial charge in [-0.05, 0) is 49.8 Å². The van der Waals surface area contributed by atoms with Crippen molar-refractivity contribution in [2.24, 2.45) is 0 Å². The number of carbonyl (C=O) groups is 1. The lowest BCUT2D eigenvalue weighted by atomic mass is 9.87. The van der Waals surface area contributed by atoms with Crippen LogP contribution in [-0.4, -0.2) is 61.9 Å². The van der Waals surface area contributed by atoms with Gasteiger partial charge in [0.05, 0.1) is 18.1 Å². The summed E-state index contributed by atoms with van der Waals surface area (Å²) in [5.74, 6) is -0.00418. The number of amides is 1. The van der Waals surface area contributed by atoms with Gasteiger partial charge in [-0.1, -0.05) is 38.7 Å². The number of hydrogen-bond acceptors (Lipinski definition) is 4. The molecule has 1 amide bonds. The van der Waals surface area contributed by atoms with E-state index in [2.05, 4.69) is 4.90 Å². The molecule has 2 saturated heterocycles. The van der Waals surface area contributed by atoms with Crippen molar-refractivity contribution in [2.75, 3.05) is 32.8 Å². The summed E-state index contributed by atoms with van der Waals surface area (Å²) in [5.41, 5.74) is 1.24. The van der Waals surface area contributed by atoms with Crippen LogP contribution in [0.3, 0.4) is 0 Å². The van der Waals surface area contributed by atoms with Crippen LogP contribution in [0.25, 0.3) is 0 Å². The largest absolute Gasteiger partial charge is 0.379 e. The molecule has 1 spiro atoms. The number of benzene rings is 1. The number of hydrogen-bond donors (Lipinski definition) is 0. The highest BCUT2D eigenvalue weighted by Crippen LogP contribution is 2.41. The number of sulfonamides is 1. The van der Waals surface area contributed by atoms with Crippen molar-refractivity contribution < 1.29 is 17.9 Å². The Bertz CT molecular complexity index is 869. The third kappa shape index (κ3) is 4.04. The predicted molar refractivity (Wildman–Crippen MR) is 116 cm³/mol. The number of likely N-dealkylation sites (tertiary alicyclic amines) is 1. The van der Waals surface area contributed by atoms with Crippen LogP contribution in [0.2, 0.25) is 0 Å². The quantitative estimate of drug-likeness (QED) is 0.726. The van der Waals surface area contributed by atoms with Gasteiger partial charge in [0.15, 0.2) is 0 Å². The minimum atomic E-state index is -3.64. The Kier molecular flexibility index (Phi) is 6.51. The van der Waals surface area contributed by atoms with E-state index in [4.69, 9.17) is 4.74 Å². The highest BCUT2D eigenvalue weighted by molar-refractivity contribution is 7.89. The molecule has 30 heavy (non-hydrogen) atoms. The zero-order chi connectivity index (χ0) is 21.2. The first kappa shape index (κ1) is 21.8. The van der Waals surface area contributed by atoms with E-state index in [1.165, 1.54) is 30.0 Å². The molecule has 2 aliphatic heterocycles. The van der Waals surface area contributed by atoms with Crippen molar-refractivity contribution in [3.63, 3.8) is 0 Å². The molecule has 4 rings (SSSR count). The van der Waals surface area contributed by atoms with E-state index < -0.39 is 10.0 Å². The standard InChI is InChI=1S/C23H34N2O4S/c1-2-19-8-9-20(18-21(19)30(27,28)24-14-16-29-17-15-24)22(26)25-13-7-12-23(25)10-5-3-4-6-11-23/h8-9,18H,2-7,10-17H2,1H3. The Morgan fingerprint density at radius 3 is 2.33 bits per heavy atom. The summed E-state index contributed by atoms with van der Waals surface area (Å²) in [7, 11) is -3.64. The summed E-state index contributed by atoms with van der Waals surface area (Å²) in [6, 6.07) is 5.29. The van der Waals surface area contributed by atoms with Gasteiger partial charge in [0.25, 0.3) is 5.91 Å². The lowest BCUT2D eigenvalue weighted by Crippen LogP contribution is -2.47. The topological polar surface area (TPSA) is 66.9 Å². The number of carbonyl (C=O) groups excluding carboxylic acids is 1. The Morgan fingerprint density at radius 2 is 1.67 bits per heavy atom. The molecule has 0 N–H and O–H groups in total. The fourth-order valence-corrected chi connectivity index (χ4v) is 7.19. The molecule has 3 aliphatic rings. The molecular formula is C23H34N2O4S. The Labute approximate surface area is 180 Å². The van der Waals surface area contributed by atoms with Crippen LogP contribution in [0.5, 0.6) is 0 Å². The van der Waals surface area contributed by atoms with Crippen LogP contribution < -0.4 is 0 Å². The predicted octanol–water partition coefficient (Wildman–Crippen LogP) is 3.60. The van der Waals surface area contributed by atoms with Crippen LogP contribution >= 0.6 is 0 Å². The van der Waals surface area contributed by atoms with Gasteiger partial charge in [0.2, 0.25) is 10.0 Å². The molecule has 166 valence electrons. The Balaban J connectivity index is 1.66. The second-order valence-corrected chi connectivity index (χ2v) is 10.8. The van der Waals surface area contributed by atoms with E-state index in [0.29, 0.717) is 38.3 Å². The van der Waals surface area contributed by atoms with E-state index in [1.807, 2.05) is 19.1 Å². The molecule has 0 atom stereocenters. The van der Waals surface area contributed by atoms with Gasteiger partial charge in [-0.3, -0.25) is 4.79 Å². The molecular weight excluding hydrogens is 400 g/mol. The molecule has 1 aromatic rings. The van der Waals surface area contributed by atoms with Crippen LogP contribution in [0.1, 0.15) is 74.2 Å². The smallest absolute Gasteiger partial charge is 0.254 e. The number of morpholine rings is 1. The van der Waals surface area contributed by atoms with Crippen molar-refractivity contribution in [2.45, 2.75) is 75.1 Å². The van der Waals surface area contributed by atoms with Crippen LogP contribution in [-0.2, 0) is 21.2 Å². The Hall–Kier alpha value is -1.44. The highest BCUT2D eigenvalue weighted by Gasteiger charge is 2.43. The molecule has 1 aromatic carbocycles. The molecule has 0 bridgehead atoms. The van der Waals surface area contributed by atoms with Crippen molar-refractivity contribution in [3.05, 3.63) is 29.3 Å². The van der Waals surface area contributed by atoms with Crippen LogP contribution in [0, 0.1) is 0 Å². The van der Waals surface area contributed by atoms with E-state index in [9.17, 15) is 13.2 Å². The van der Waals surface area contributed by atoms with Gasteiger partial charge in [-0.25, -0.2) is 8.42 Å². The summed E-state index contributed by atoms with van der Waals surface area (Å²) in [6.45, 7) is 4.28. The zero-order valence-electron chi connectivity index (χ0n) is 18.1. The maximum Gasteiger partial charge on any atom is 0.254 e. The van der Waals surface area contributed by atoms with Gasteiger partial charge in [0.1, 0.15) is 0 Å². The van der Waals surface area contributed by atoms with Crippen LogP contribution in [0.15, 0.2) is 23.1 Å². The number of rotatable bonds is 4.